The van der Waals surface area contributed by atoms with E-state index in [4.69, 9.17) is 11.5 Å². The number of nitrogens with zero attached hydrogens (tertiary/aromatic N) is 2. The van der Waals surface area contributed by atoms with Crippen molar-refractivity contribution in [2.75, 3.05) is 6.54 Å². The second kappa shape index (κ2) is 9.27. The van der Waals surface area contributed by atoms with Gasteiger partial charge in [0.2, 0.25) is 0 Å². The van der Waals surface area contributed by atoms with E-state index in [0.717, 1.165) is 19.4 Å². The molecule has 0 radical (unpaired) electrons. The number of hydrogen-bond acceptors (Lipinski definition) is 3. The Morgan fingerprint density at radius 1 is 1.36 bits per heavy atom. The monoisotopic (exact) mass is 240 g/mol. The maximum absolute atomic E-state index is 5.66. The van der Waals surface area contributed by atoms with Crippen molar-refractivity contribution in [1.82, 2.24) is 9.78 Å². The van der Waals surface area contributed by atoms with Gasteiger partial charge in [-0.2, -0.15) is 5.10 Å². The first-order valence-electron chi connectivity index (χ1n) is 4.26. The van der Waals surface area contributed by atoms with E-state index in [-0.39, 0.29) is 30.9 Å². The fourth-order valence-electron chi connectivity index (χ4n) is 1.07. The van der Waals surface area contributed by atoms with E-state index in [2.05, 4.69) is 5.10 Å². The third-order valence-corrected chi connectivity index (χ3v) is 1.82. The first kappa shape index (κ1) is 16.2. The Morgan fingerprint density at radius 2 is 2.07 bits per heavy atom. The first-order chi connectivity index (χ1) is 5.83. The second-order valence-corrected chi connectivity index (χ2v) is 2.91. The van der Waals surface area contributed by atoms with Gasteiger partial charge in [-0.15, -0.1) is 24.8 Å². The van der Waals surface area contributed by atoms with Crippen LogP contribution in [0.3, 0.4) is 0 Å². The summed E-state index contributed by atoms with van der Waals surface area (Å²) in [6.45, 7) is 1.50. The van der Waals surface area contributed by atoms with Gasteiger partial charge >= 0.3 is 0 Å². The molecule has 0 bridgehead atoms. The minimum atomic E-state index is 0. The van der Waals surface area contributed by atoms with Gasteiger partial charge in [-0.3, -0.25) is 4.68 Å². The standard InChI is InChI=1S/C8H16N4.2ClH/c9-7-8(10)3-1-5-12-6-2-4-11-12;;/h2,4,6,8H,1,3,5,7,9-10H2;2*1H. The van der Waals surface area contributed by atoms with Gasteiger partial charge in [0, 0.05) is 31.5 Å². The van der Waals surface area contributed by atoms with Crippen molar-refractivity contribution in [2.45, 2.75) is 25.4 Å². The Morgan fingerprint density at radius 3 is 2.57 bits per heavy atom. The maximum atomic E-state index is 5.66. The third-order valence-electron chi connectivity index (χ3n) is 1.82. The summed E-state index contributed by atoms with van der Waals surface area (Å²) in [7, 11) is 0. The van der Waals surface area contributed by atoms with Crippen LogP contribution in [0, 0.1) is 0 Å². The van der Waals surface area contributed by atoms with Gasteiger partial charge in [0.1, 0.15) is 0 Å². The van der Waals surface area contributed by atoms with Crippen molar-refractivity contribution in [2.24, 2.45) is 11.5 Å². The van der Waals surface area contributed by atoms with Crippen molar-refractivity contribution in [1.29, 1.82) is 0 Å². The van der Waals surface area contributed by atoms with Crippen molar-refractivity contribution in [3.8, 4) is 0 Å². The number of aromatic nitrogens is 2. The van der Waals surface area contributed by atoms with Crippen molar-refractivity contribution in [3.63, 3.8) is 0 Å². The smallest absolute Gasteiger partial charge is 0.0489 e. The van der Waals surface area contributed by atoms with Crippen LogP contribution in [0.4, 0.5) is 0 Å². The topological polar surface area (TPSA) is 69.9 Å². The van der Waals surface area contributed by atoms with Gasteiger partial charge in [0.05, 0.1) is 0 Å². The van der Waals surface area contributed by atoms with Crippen LogP contribution in [-0.2, 0) is 6.54 Å². The Balaban J connectivity index is 0. The van der Waals surface area contributed by atoms with Crippen LogP contribution >= 0.6 is 24.8 Å². The summed E-state index contributed by atoms with van der Waals surface area (Å²) in [5.74, 6) is 0. The Bertz CT molecular complexity index is 203. The fraction of sp³-hybridized carbons (Fsp3) is 0.625. The van der Waals surface area contributed by atoms with Gasteiger partial charge in [0.25, 0.3) is 0 Å². The van der Waals surface area contributed by atoms with E-state index < -0.39 is 0 Å². The minimum absolute atomic E-state index is 0. The lowest BCUT2D eigenvalue weighted by atomic mass is 10.2. The normalized spacial score (nSPS) is 11.3. The first-order valence-corrected chi connectivity index (χ1v) is 4.26. The Labute approximate surface area is 96.8 Å². The van der Waals surface area contributed by atoms with Crippen LogP contribution < -0.4 is 11.5 Å². The van der Waals surface area contributed by atoms with Crippen LogP contribution in [0.1, 0.15) is 12.8 Å². The molecular weight excluding hydrogens is 223 g/mol. The molecule has 1 rings (SSSR count). The minimum Gasteiger partial charge on any atom is -0.329 e. The van der Waals surface area contributed by atoms with Crippen LogP contribution in [0.15, 0.2) is 18.5 Å². The summed E-state index contributed by atoms with van der Waals surface area (Å²) < 4.78 is 1.91. The zero-order valence-electron chi connectivity index (χ0n) is 8.00. The molecule has 1 aromatic heterocycles. The molecule has 0 saturated heterocycles. The molecule has 14 heavy (non-hydrogen) atoms. The summed E-state index contributed by atoms with van der Waals surface area (Å²) in [5, 5.41) is 4.08. The van der Waals surface area contributed by atoms with Gasteiger partial charge in [-0.1, -0.05) is 0 Å². The average Bonchev–Trinajstić information content (AvgIpc) is 2.57. The molecule has 0 saturated carbocycles. The van der Waals surface area contributed by atoms with E-state index in [0.29, 0.717) is 6.54 Å². The number of rotatable bonds is 5. The molecular formula is C8H18Cl2N4. The van der Waals surface area contributed by atoms with Crippen LogP contribution in [0.2, 0.25) is 0 Å². The van der Waals surface area contributed by atoms with Crippen molar-refractivity contribution in [3.05, 3.63) is 18.5 Å². The van der Waals surface area contributed by atoms with Crippen molar-refractivity contribution < 1.29 is 0 Å². The molecule has 1 unspecified atom stereocenters. The lowest BCUT2D eigenvalue weighted by molar-refractivity contribution is 0.512. The average molecular weight is 241 g/mol. The molecule has 0 spiro atoms. The number of halogens is 2. The molecule has 1 aromatic rings. The summed E-state index contributed by atoms with van der Waals surface area (Å²) in [5.41, 5.74) is 11.0. The largest absolute Gasteiger partial charge is 0.329 e. The zero-order valence-corrected chi connectivity index (χ0v) is 9.64. The third kappa shape index (κ3) is 6.21. The lowest BCUT2D eigenvalue weighted by Crippen LogP contribution is -2.29. The molecule has 4 N–H and O–H groups in total. The molecule has 0 amide bonds. The van der Waals surface area contributed by atoms with E-state index >= 15 is 0 Å². The van der Waals surface area contributed by atoms with Gasteiger partial charge < -0.3 is 11.5 Å². The predicted molar refractivity (Wildman–Crippen MR) is 63.0 cm³/mol. The van der Waals surface area contributed by atoms with Gasteiger partial charge in [0.15, 0.2) is 0 Å². The van der Waals surface area contributed by atoms with E-state index in [1.165, 1.54) is 0 Å². The molecule has 0 aliphatic heterocycles. The van der Waals surface area contributed by atoms with Crippen molar-refractivity contribution >= 4 is 24.8 Å². The molecule has 0 aliphatic rings. The lowest BCUT2D eigenvalue weighted by Gasteiger charge is -2.07. The molecule has 1 heterocycles. The van der Waals surface area contributed by atoms with E-state index in [1.54, 1.807) is 6.20 Å². The van der Waals surface area contributed by atoms with Crippen LogP contribution in [0.5, 0.6) is 0 Å². The van der Waals surface area contributed by atoms with Gasteiger partial charge in [-0.05, 0) is 18.9 Å². The van der Waals surface area contributed by atoms with Gasteiger partial charge in [-0.25, -0.2) is 0 Å². The SMILES string of the molecule is Cl.Cl.NCC(N)CCCn1cccn1. The maximum Gasteiger partial charge on any atom is 0.0489 e. The highest BCUT2D eigenvalue weighted by molar-refractivity contribution is 5.85. The predicted octanol–water partition coefficient (Wildman–Crippen LogP) is 0.793. The number of aryl methyl sites for hydroxylation is 1. The molecule has 4 nitrogen and oxygen atoms in total. The second-order valence-electron chi connectivity index (χ2n) is 2.91. The van der Waals surface area contributed by atoms with Crippen LogP contribution in [-0.4, -0.2) is 22.4 Å². The highest BCUT2D eigenvalue weighted by Gasteiger charge is 1.98. The molecule has 1 atom stereocenters. The van der Waals surface area contributed by atoms with Crippen LogP contribution in [0.25, 0.3) is 0 Å². The summed E-state index contributed by atoms with van der Waals surface area (Å²) in [6, 6.07) is 2.06. The van der Waals surface area contributed by atoms with E-state index in [9.17, 15) is 0 Å². The summed E-state index contributed by atoms with van der Waals surface area (Å²) >= 11 is 0. The Kier molecular flexibility index (Phi) is 10.7. The quantitative estimate of drug-likeness (QED) is 0.800. The highest BCUT2D eigenvalue weighted by Crippen LogP contribution is 1.96. The highest BCUT2D eigenvalue weighted by atomic mass is 35.5. The molecule has 0 fully saturated rings. The molecule has 0 aliphatic carbocycles. The number of hydrogen-bond donors (Lipinski definition) is 2. The fourth-order valence-corrected chi connectivity index (χ4v) is 1.07. The molecule has 0 aromatic carbocycles. The molecule has 6 heteroatoms. The summed E-state index contributed by atoms with van der Waals surface area (Å²) in [6.07, 6.45) is 5.74. The number of nitrogens with two attached hydrogens (primary N) is 2. The van der Waals surface area contributed by atoms with E-state index in [1.807, 2.05) is 16.9 Å². The summed E-state index contributed by atoms with van der Waals surface area (Å²) in [4.78, 5) is 0. The zero-order chi connectivity index (χ0) is 8.81. The Hall–Kier alpha value is -0.290. The molecule has 84 valence electrons.